The summed E-state index contributed by atoms with van der Waals surface area (Å²) < 4.78 is 5.40. The van der Waals surface area contributed by atoms with E-state index in [1.807, 2.05) is 0 Å². The molecule has 0 aromatic heterocycles. The van der Waals surface area contributed by atoms with E-state index in [4.69, 9.17) is 4.74 Å². The molecule has 2 saturated heterocycles. The van der Waals surface area contributed by atoms with Crippen LogP contribution in [-0.2, 0) is 9.53 Å². The van der Waals surface area contributed by atoms with Crippen LogP contribution in [0.2, 0.25) is 0 Å². The SMILES string of the molecule is CC1CN(C)CCCN1CC1(C=O)CCOCC1. The lowest BCUT2D eigenvalue weighted by atomic mass is 9.81. The highest BCUT2D eigenvalue weighted by Gasteiger charge is 2.35. The smallest absolute Gasteiger partial charge is 0.127 e. The number of likely N-dealkylation sites (N-methyl/N-ethyl adjacent to an activating group) is 1. The van der Waals surface area contributed by atoms with Crippen LogP contribution in [0, 0.1) is 5.41 Å². The first kappa shape index (κ1) is 14.0. The van der Waals surface area contributed by atoms with Crippen molar-refractivity contribution in [2.24, 2.45) is 5.41 Å². The van der Waals surface area contributed by atoms with Gasteiger partial charge in [0.15, 0.2) is 0 Å². The fourth-order valence-electron chi connectivity index (χ4n) is 3.15. The first-order valence-electron chi connectivity index (χ1n) is 7.12. The molecule has 104 valence electrons. The Morgan fingerprint density at radius 3 is 2.72 bits per heavy atom. The van der Waals surface area contributed by atoms with Crippen LogP contribution >= 0.6 is 0 Å². The lowest BCUT2D eigenvalue weighted by molar-refractivity contribution is -0.123. The molecule has 0 spiro atoms. The lowest BCUT2D eigenvalue weighted by Gasteiger charge is -2.39. The Morgan fingerprint density at radius 2 is 2.06 bits per heavy atom. The number of hydrogen-bond donors (Lipinski definition) is 0. The molecule has 0 N–H and O–H groups in total. The van der Waals surface area contributed by atoms with Gasteiger partial charge in [0.2, 0.25) is 0 Å². The zero-order valence-corrected chi connectivity index (χ0v) is 11.7. The molecule has 4 heteroatoms. The van der Waals surface area contributed by atoms with Crippen molar-refractivity contribution in [3.63, 3.8) is 0 Å². The molecule has 2 rings (SSSR count). The van der Waals surface area contributed by atoms with Crippen molar-refractivity contribution in [3.8, 4) is 0 Å². The Bertz CT molecular complexity index is 277. The average molecular weight is 254 g/mol. The Labute approximate surface area is 110 Å². The number of aldehydes is 1. The van der Waals surface area contributed by atoms with E-state index in [1.165, 1.54) is 12.7 Å². The topological polar surface area (TPSA) is 32.8 Å². The van der Waals surface area contributed by atoms with Crippen molar-refractivity contribution in [3.05, 3.63) is 0 Å². The van der Waals surface area contributed by atoms with Gasteiger partial charge in [-0.3, -0.25) is 4.90 Å². The monoisotopic (exact) mass is 254 g/mol. The van der Waals surface area contributed by atoms with E-state index in [9.17, 15) is 4.79 Å². The number of rotatable bonds is 3. The van der Waals surface area contributed by atoms with Gasteiger partial charge in [0, 0.05) is 37.8 Å². The predicted molar refractivity (Wildman–Crippen MR) is 71.7 cm³/mol. The van der Waals surface area contributed by atoms with Crippen LogP contribution in [0.5, 0.6) is 0 Å². The third-order valence-corrected chi connectivity index (χ3v) is 4.44. The Balaban J connectivity index is 1.99. The molecule has 2 aliphatic rings. The molecule has 2 fully saturated rings. The number of ether oxygens (including phenoxy) is 1. The van der Waals surface area contributed by atoms with Crippen molar-refractivity contribution in [2.75, 3.05) is 46.4 Å². The number of nitrogens with zero attached hydrogens (tertiary/aromatic N) is 2. The molecule has 0 amide bonds. The van der Waals surface area contributed by atoms with Crippen molar-refractivity contribution >= 4 is 6.29 Å². The van der Waals surface area contributed by atoms with Gasteiger partial charge in [0.05, 0.1) is 0 Å². The van der Waals surface area contributed by atoms with Crippen LogP contribution in [0.15, 0.2) is 0 Å². The standard InChI is InChI=1S/C14H26N2O2/c1-13-10-15(2)6-3-7-16(13)11-14(12-17)4-8-18-9-5-14/h12-13H,3-11H2,1-2H3. The van der Waals surface area contributed by atoms with Gasteiger partial charge in [0.1, 0.15) is 6.29 Å². The van der Waals surface area contributed by atoms with Crippen molar-refractivity contribution in [2.45, 2.75) is 32.2 Å². The minimum absolute atomic E-state index is 0.157. The van der Waals surface area contributed by atoms with Crippen LogP contribution in [-0.4, -0.2) is 68.6 Å². The molecule has 0 aliphatic carbocycles. The van der Waals surface area contributed by atoms with Gasteiger partial charge in [-0.25, -0.2) is 0 Å². The number of carbonyl (C=O) groups excluding carboxylic acids is 1. The van der Waals surface area contributed by atoms with E-state index >= 15 is 0 Å². The Kier molecular flexibility index (Phi) is 4.76. The van der Waals surface area contributed by atoms with Gasteiger partial charge in [-0.2, -0.15) is 0 Å². The summed E-state index contributed by atoms with van der Waals surface area (Å²) in [5.74, 6) is 0. The highest BCUT2D eigenvalue weighted by Crippen LogP contribution is 2.30. The van der Waals surface area contributed by atoms with Gasteiger partial charge in [-0.15, -0.1) is 0 Å². The average Bonchev–Trinajstić information content (AvgIpc) is 2.52. The second-order valence-electron chi connectivity index (χ2n) is 6.03. The summed E-state index contributed by atoms with van der Waals surface area (Å²) in [6, 6.07) is 0.539. The zero-order chi connectivity index (χ0) is 13.0. The minimum atomic E-state index is -0.157. The largest absolute Gasteiger partial charge is 0.381 e. The summed E-state index contributed by atoms with van der Waals surface area (Å²) in [6.07, 6.45) is 4.16. The van der Waals surface area contributed by atoms with Gasteiger partial charge >= 0.3 is 0 Å². The van der Waals surface area contributed by atoms with Crippen molar-refractivity contribution in [1.82, 2.24) is 9.80 Å². The Hall–Kier alpha value is -0.450. The van der Waals surface area contributed by atoms with E-state index in [1.54, 1.807) is 0 Å². The van der Waals surface area contributed by atoms with E-state index in [-0.39, 0.29) is 5.41 Å². The van der Waals surface area contributed by atoms with Gasteiger partial charge < -0.3 is 14.4 Å². The molecule has 18 heavy (non-hydrogen) atoms. The molecule has 0 bridgehead atoms. The maximum absolute atomic E-state index is 11.5. The summed E-state index contributed by atoms with van der Waals surface area (Å²) >= 11 is 0. The molecule has 1 atom stereocenters. The van der Waals surface area contributed by atoms with Gasteiger partial charge in [-0.1, -0.05) is 0 Å². The molecule has 0 radical (unpaired) electrons. The van der Waals surface area contributed by atoms with E-state index in [0.717, 1.165) is 52.2 Å². The summed E-state index contributed by atoms with van der Waals surface area (Å²) in [5, 5.41) is 0. The molecule has 4 nitrogen and oxygen atoms in total. The third-order valence-electron chi connectivity index (χ3n) is 4.44. The summed E-state index contributed by atoms with van der Waals surface area (Å²) in [4.78, 5) is 16.4. The van der Waals surface area contributed by atoms with Crippen LogP contribution in [0.3, 0.4) is 0 Å². The first-order chi connectivity index (χ1) is 8.65. The fourth-order valence-corrected chi connectivity index (χ4v) is 3.15. The van der Waals surface area contributed by atoms with Crippen LogP contribution in [0.4, 0.5) is 0 Å². The second kappa shape index (κ2) is 6.13. The van der Waals surface area contributed by atoms with Crippen LogP contribution in [0.25, 0.3) is 0 Å². The maximum atomic E-state index is 11.5. The maximum Gasteiger partial charge on any atom is 0.127 e. The molecular weight excluding hydrogens is 228 g/mol. The lowest BCUT2D eigenvalue weighted by Crippen LogP contribution is -2.47. The normalized spacial score (nSPS) is 30.9. The predicted octanol–water partition coefficient (Wildman–Crippen LogP) is 1.01. The molecule has 2 aliphatic heterocycles. The van der Waals surface area contributed by atoms with Gasteiger partial charge in [-0.05, 0) is 46.3 Å². The summed E-state index contributed by atoms with van der Waals surface area (Å²) in [7, 11) is 2.18. The molecule has 0 aromatic carbocycles. The molecule has 1 unspecified atom stereocenters. The van der Waals surface area contributed by atoms with Crippen LogP contribution < -0.4 is 0 Å². The van der Waals surface area contributed by atoms with E-state index in [2.05, 4.69) is 23.8 Å². The fraction of sp³-hybridized carbons (Fsp3) is 0.929. The summed E-state index contributed by atoms with van der Waals surface area (Å²) in [5.41, 5.74) is -0.157. The minimum Gasteiger partial charge on any atom is -0.381 e. The van der Waals surface area contributed by atoms with Crippen LogP contribution in [0.1, 0.15) is 26.2 Å². The molecule has 0 saturated carbocycles. The van der Waals surface area contributed by atoms with Crippen molar-refractivity contribution in [1.29, 1.82) is 0 Å². The Morgan fingerprint density at radius 1 is 1.33 bits per heavy atom. The first-order valence-corrected chi connectivity index (χ1v) is 7.12. The van der Waals surface area contributed by atoms with Gasteiger partial charge in [0.25, 0.3) is 0 Å². The highest BCUT2D eigenvalue weighted by molar-refractivity contribution is 5.60. The number of hydrogen-bond acceptors (Lipinski definition) is 4. The quantitative estimate of drug-likeness (QED) is 0.704. The third kappa shape index (κ3) is 3.31. The zero-order valence-electron chi connectivity index (χ0n) is 11.7. The molecule has 0 aromatic rings. The highest BCUT2D eigenvalue weighted by atomic mass is 16.5. The second-order valence-corrected chi connectivity index (χ2v) is 6.03. The van der Waals surface area contributed by atoms with E-state index in [0.29, 0.717) is 6.04 Å². The molecule has 2 heterocycles. The molecular formula is C14H26N2O2. The van der Waals surface area contributed by atoms with Crippen molar-refractivity contribution < 1.29 is 9.53 Å². The number of carbonyl (C=O) groups is 1. The van der Waals surface area contributed by atoms with E-state index < -0.39 is 0 Å². The summed E-state index contributed by atoms with van der Waals surface area (Å²) in [6.45, 7) is 8.04.